The Morgan fingerprint density at radius 3 is 2.22 bits per heavy atom. The minimum Gasteiger partial charge on any atom is -0.503 e. The molecule has 6 heteroatoms. The van der Waals surface area contributed by atoms with Crippen molar-refractivity contribution in [3.8, 4) is 11.5 Å². The summed E-state index contributed by atoms with van der Waals surface area (Å²) < 4.78 is 10.6. The Morgan fingerprint density at radius 2 is 1.67 bits per heavy atom. The van der Waals surface area contributed by atoms with Gasteiger partial charge in [-0.25, -0.2) is 0 Å². The molecule has 0 unspecified atom stereocenters. The molecule has 0 radical (unpaired) electrons. The maximum atomic E-state index is 12.8. The predicted octanol–water partition coefficient (Wildman–Crippen LogP) is 3.50. The topological polar surface area (TPSA) is 76.1 Å². The van der Waals surface area contributed by atoms with E-state index in [4.69, 9.17) is 9.47 Å². The molecule has 1 N–H and O–H groups in total. The average molecular weight is 367 g/mol. The molecule has 0 bridgehead atoms. The molecule has 1 amide bonds. The van der Waals surface area contributed by atoms with Gasteiger partial charge in [-0.2, -0.15) is 0 Å². The smallest absolute Gasteiger partial charge is 0.294 e. The Hall–Kier alpha value is -3.28. The van der Waals surface area contributed by atoms with Crippen LogP contribution in [0.2, 0.25) is 0 Å². The van der Waals surface area contributed by atoms with E-state index >= 15 is 0 Å². The number of aliphatic hydroxyl groups is 1. The van der Waals surface area contributed by atoms with Crippen molar-refractivity contribution >= 4 is 17.4 Å². The van der Waals surface area contributed by atoms with Crippen LogP contribution < -0.4 is 14.4 Å². The van der Waals surface area contributed by atoms with E-state index in [1.807, 2.05) is 19.1 Å². The van der Waals surface area contributed by atoms with Gasteiger partial charge in [0.15, 0.2) is 23.0 Å². The van der Waals surface area contributed by atoms with Crippen molar-refractivity contribution in [3.05, 3.63) is 64.9 Å². The van der Waals surface area contributed by atoms with E-state index in [1.54, 1.807) is 30.3 Å². The van der Waals surface area contributed by atoms with Crippen LogP contribution in [0.4, 0.5) is 5.69 Å². The van der Waals surface area contributed by atoms with Gasteiger partial charge in [-0.15, -0.1) is 0 Å². The monoisotopic (exact) mass is 367 g/mol. The Labute approximate surface area is 157 Å². The van der Waals surface area contributed by atoms with Crippen LogP contribution in [0.15, 0.2) is 53.8 Å². The van der Waals surface area contributed by atoms with Gasteiger partial charge in [-0.3, -0.25) is 14.5 Å². The third-order valence-corrected chi connectivity index (χ3v) is 4.62. The van der Waals surface area contributed by atoms with Gasteiger partial charge in [-0.1, -0.05) is 23.8 Å². The molecule has 1 heterocycles. The van der Waals surface area contributed by atoms with Crippen LogP contribution in [0.25, 0.3) is 0 Å². The molecule has 0 aromatic heterocycles. The maximum Gasteiger partial charge on any atom is 0.294 e. The maximum absolute atomic E-state index is 12.8. The number of Topliss-reactive ketones (excluding diaryl/α,β-unsaturated/α-hetero) is 1. The van der Waals surface area contributed by atoms with Crippen molar-refractivity contribution in [2.24, 2.45) is 0 Å². The fourth-order valence-electron chi connectivity index (χ4n) is 3.27. The van der Waals surface area contributed by atoms with Crippen LogP contribution in [0.1, 0.15) is 24.1 Å². The molecule has 0 saturated carbocycles. The summed E-state index contributed by atoms with van der Waals surface area (Å²) >= 11 is 0. The van der Waals surface area contributed by atoms with Gasteiger partial charge in [0, 0.05) is 5.69 Å². The van der Waals surface area contributed by atoms with Gasteiger partial charge in [0.2, 0.25) is 0 Å². The van der Waals surface area contributed by atoms with Gasteiger partial charge in [-0.05, 0) is 43.7 Å². The number of carbonyl (C=O) groups is 2. The number of hydrogen-bond donors (Lipinski definition) is 1. The third-order valence-electron chi connectivity index (χ3n) is 4.62. The van der Waals surface area contributed by atoms with E-state index in [1.165, 1.54) is 26.0 Å². The summed E-state index contributed by atoms with van der Waals surface area (Å²) in [6, 6.07) is 11.7. The Balaban J connectivity index is 2.18. The Kier molecular flexibility index (Phi) is 4.90. The van der Waals surface area contributed by atoms with E-state index in [0.29, 0.717) is 22.7 Å². The zero-order valence-electron chi connectivity index (χ0n) is 15.6. The van der Waals surface area contributed by atoms with Crippen molar-refractivity contribution in [2.75, 3.05) is 19.1 Å². The lowest BCUT2D eigenvalue weighted by Crippen LogP contribution is -2.30. The highest BCUT2D eigenvalue weighted by Crippen LogP contribution is 2.43. The first kappa shape index (κ1) is 18.5. The van der Waals surface area contributed by atoms with Crippen molar-refractivity contribution in [1.29, 1.82) is 0 Å². The number of aryl methyl sites for hydroxylation is 1. The molecule has 0 saturated heterocycles. The first-order valence-electron chi connectivity index (χ1n) is 8.45. The number of nitrogens with zero attached hydrogens (tertiary/aromatic N) is 1. The zero-order valence-corrected chi connectivity index (χ0v) is 15.6. The molecule has 0 fully saturated rings. The molecule has 6 nitrogen and oxygen atoms in total. The van der Waals surface area contributed by atoms with Crippen molar-refractivity contribution in [2.45, 2.75) is 19.9 Å². The normalized spacial score (nSPS) is 16.7. The molecule has 140 valence electrons. The van der Waals surface area contributed by atoms with Crippen molar-refractivity contribution in [3.63, 3.8) is 0 Å². The van der Waals surface area contributed by atoms with Crippen LogP contribution >= 0.6 is 0 Å². The van der Waals surface area contributed by atoms with Crippen molar-refractivity contribution < 1.29 is 24.2 Å². The number of benzene rings is 2. The highest BCUT2D eigenvalue weighted by atomic mass is 16.5. The minimum atomic E-state index is -0.752. The van der Waals surface area contributed by atoms with E-state index in [-0.39, 0.29) is 11.4 Å². The number of rotatable bonds is 5. The molecule has 2 aromatic rings. The number of anilines is 1. The summed E-state index contributed by atoms with van der Waals surface area (Å²) in [5, 5.41) is 10.4. The van der Waals surface area contributed by atoms with E-state index in [0.717, 1.165) is 5.56 Å². The fraction of sp³-hybridized carbons (Fsp3) is 0.238. The van der Waals surface area contributed by atoms with Crippen LogP contribution in [0.5, 0.6) is 11.5 Å². The lowest BCUT2D eigenvalue weighted by molar-refractivity contribution is -0.117. The van der Waals surface area contributed by atoms with Gasteiger partial charge in [0.1, 0.15) is 0 Å². The average Bonchev–Trinajstić information content (AvgIpc) is 2.93. The quantitative estimate of drug-likeness (QED) is 0.875. The van der Waals surface area contributed by atoms with Crippen molar-refractivity contribution in [1.82, 2.24) is 0 Å². The molecule has 27 heavy (non-hydrogen) atoms. The summed E-state index contributed by atoms with van der Waals surface area (Å²) in [5.74, 6) is -0.493. The standard InChI is InChI=1S/C21H21NO5/c1-12-5-8-15(9-6-12)22-19(18(13(2)23)20(24)21(22)25)14-7-10-16(26-3)17(11-14)27-4/h5-11,19,24H,1-4H3/t19-/m1/s1. The Morgan fingerprint density at radius 1 is 1.04 bits per heavy atom. The van der Waals surface area contributed by atoms with E-state index in [9.17, 15) is 14.7 Å². The predicted molar refractivity (Wildman–Crippen MR) is 101 cm³/mol. The van der Waals surface area contributed by atoms with Gasteiger partial charge in [0.25, 0.3) is 5.91 Å². The molecule has 0 aliphatic carbocycles. The lowest BCUT2D eigenvalue weighted by atomic mass is 9.96. The second-order valence-electron chi connectivity index (χ2n) is 6.35. The number of amides is 1. The number of ketones is 1. The molecular formula is C21H21NO5. The number of carbonyl (C=O) groups excluding carboxylic acids is 2. The number of ether oxygens (including phenoxy) is 2. The summed E-state index contributed by atoms with van der Waals surface area (Å²) in [4.78, 5) is 26.4. The minimum absolute atomic E-state index is 0.0628. The number of aliphatic hydroxyl groups excluding tert-OH is 1. The van der Waals surface area contributed by atoms with Gasteiger partial charge in [0.05, 0.1) is 25.8 Å². The number of methoxy groups -OCH3 is 2. The molecule has 1 aliphatic rings. The lowest BCUT2D eigenvalue weighted by Gasteiger charge is -2.27. The van der Waals surface area contributed by atoms with Crippen LogP contribution in [0, 0.1) is 6.92 Å². The molecule has 1 aliphatic heterocycles. The summed E-state index contributed by atoms with van der Waals surface area (Å²) in [7, 11) is 3.04. The third kappa shape index (κ3) is 3.14. The van der Waals surface area contributed by atoms with Crippen LogP contribution in [-0.2, 0) is 9.59 Å². The van der Waals surface area contributed by atoms with Gasteiger partial charge < -0.3 is 14.6 Å². The second kappa shape index (κ2) is 7.15. The molecule has 2 aromatic carbocycles. The van der Waals surface area contributed by atoms with E-state index < -0.39 is 17.7 Å². The first-order chi connectivity index (χ1) is 12.9. The molecular weight excluding hydrogens is 346 g/mol. The van der Waals surface area contributed by atoms with Crippen LogP contribution in [-0.4, -0.2) is 31.0 Å². The van der Waals surface area contributed by atoms with E-state index in [2.05, 4.69) is 0 Å². The summed E-state index contributed by atoms with van der Waals surface area (Å²) in [5.41, 5.74) is 2.33. The zero-order chi connectivity index (χ0) is 19.7. The van der Waals surface area contributed by atoms with Crippen LogP contribution in [0.3, 0.4) is 0 Å². The first-order valence-corrected chi connectivity index (χ1v) is 8.45. The van der Waals surface area contributed by atoms with Gasteiger partial charge >= 0.3 is 0 Å². The second-order valence-corrected chi connectivity index (χ2v) is 6.35. The largest absolute Gasteiger partial charge is 0.503 e. The molecule has 1 atom stereocenters. The summed E-state index contributed by atoms with van der Waals surface area (Å²) in [6.07, 6.45) is 0. The Bertz CT molecular complexity index is 930. The highest BCUT2D eigenvalue weighted by Gasteiger charge is 2.43. The number of hydrogen-bond acceptors (Lipinski definition) is 5. The fourth-order valence-corrected chi connectivity index (χ4v) is 3.27. The molecule has 0 spiro atoms. The summed E-state index contributed by atoms with van der Waals surface area (Å²) in [6.45, 7) is 3.28. The molecule has 3 rings (SSSR count). The SMILES string of the molecule is COc1ccc([C@@H]2C(C(C)=O)=C(O)C(=O)N2c2ccc(C)cc2)cc1OC. The highest BCUT2D eigenvalue weighted by molar-refractivity contribution is 6.16.